The van der Waals surface area contributed by atoms with E-state index in [1.54, 1.807) is 28.8 Å². The molecule has 0 spiro atoms. The molecule has 0 aliphatic carbocycles. The van der Waals surface area contributed by atoms with E-state index in [-0.39, 0.29) is 6.03 Å². The van der Waals surface area contributed by atoms with Gasteiger partial charge in [0.1, 0.15) is 6.33 Å². The molecule has 0 bridgehead atoms. The lowest BCUT2D eigenvalue weighted by atomic mass is 10.3. The number of benzene rings is 1. The molecule has 0 unspecified atom stereocenters. The van der Waals surface area contributed by atoms with Crippen molar-refractivity contribution in [2.45, 2.75) is 4.90 Å². The van der Waals surface area contributed by atoms with Crippen LogP contribution in [0, 0.1) is 0 Å². The van der Waals surface area contributed by atoms with Crippen molar-refractivity contribution in [3.8, 4) is 0 Å². The Morgan fingerprint density at radius 1 is 1.19 bits per heavy atom. The van der Waals surface area contributed by atoms with Gasteiger partial charge in [0.15, 0.2) is 5.65 Å². The maximum absolute atomic E-state index is 12.5. The van der Waals surface area contributed by atoms with Crippen LogP contribution in [0.2, 0.25) is 0 Å². The molecule has 4 rings (SSSR count). The van der Waals surface area contributed by atoms with Crippen molar-refractivity contribution >= 4 is 34.8 Å². The Morgan fingerprint density at radius 2 is 2.04 bits per heavy atom. The number of thioether (sulfide) groups is 1. The molecular weight excluding hydrogens is 350 g/mol. The number of hydrogen-bond acceptors (Lipinski definition) is 6. The highest BCUT2D eigenvalue weighted by atomic mass is 32.2. The molecule has 0 atom stereocenters. The van der Waals surface area contributed by atoms with Gasteiger partial charge in [-0.25, -0.2) is 9.31 Å². The number of nitrogens with zero attached hydrogens (tertiary/aromatic N) is 6. The zero-order chi connectivity index (χ0) is 17.9. The molecule has 3 heterocycles. The number of amides is 2. The highest BCUT2D eigenvalue weighted by Gasteiger charge is 2.22. The third kappa shape index (κ3) is 3.43. The second-order valence-electron chi connectivity index (χ2n) is 5.98. The van der Waals surface area contributed by atoms with Crippen molar-refractivity contribution in [2.24, 2.45) is 0 Å². The first-order chi connectivity index (χ1) is 12.7. The number of carbonyl (C=O) groups is 1. The van der Waals surface area contributed by atoms with E-state index >= 15 is 0 Å². The van der Waals surface area contributed by atoms with Gasteiger partial charge < -0.3 is 15.1 Å². The Hall–Kier alpha value is -2.81. The number of aromatic nitrogens is 4. The molecule has 1 saturated heterocycles. The Balaban J connectivity index is 1.37. The van der Waals surface area contributed by atoms with Gasteiger partial charge in [0.25, 0.3) is 0 Å². The lowest BCUT2D eigenvalue weighted by Crippen LogP contribution is -2.50. The molecule has 2 amide bonds. The first-order valence-electron chi connectivity index (χ1n) is 8.34. The van der Waals surface area contributed by atoms with Crippen molar-refractivity contribution in [3.05, 3.63) is 42.9 Å². The summed E-state index contributed by atoms with van der Waals surface area (Å²) in [5.41, 5.74) is 2.54. The quantitative estimate of drug-likeness (QED) is 0.713. The second-order valence-corrected chi connectivity index (χ2v) is 6.86. The summed E-state index contributed by atoms with van der Waals surface area (Å²) in [6, 6.07) is 9.77. The molecule has 0 radical (unpaired) electrons. The Labute approximate surface area is 155 Å². The Bertz CT molecular complexity index is 920. The van der Waals surface area contributed by atoms with Crippen LogP contribution in [0.1, 0.15) is 0 Å². The van der Waals surface area contributed by atoms with Crippen LogP contribution in [0.25, 0.3) is 5.65 Å². The largest absolute Gasteiger partial charge is 0.367 e. The molecule has 26 heavy (non-hydrogen) atoms. The minimum absolute atomic E-state index is 0.0612. The van der Waals surface area contributed by atoms with Gasteiger partial charge in [-0.1, -0.05) is 6.07 Å². The highest BCUT2D eigenvalue weighted by molar-refractivity contribution is 7.98. The molecule has 8 nitrogen and oxygen atoms in total. The molecule has 3 aromatic rings. The third-order valence-electron chi connectivity index (χ3n) is 4.40. The monoisotopic (exact) mass is 369 g/mol. The predicted octanol–water partition coefficient (Wildman–Crippen LogP) is 2.20. The number of nitrogens with one attached hydrogen (secondary N) is 1. The maximum Gasteiger partial charge on any atom is 0.321 e. The van der Waals surface area contributed by atoms with Crippen molar-refractivity contribution in [1.29, 1.82) is 0 Å². The minimum Gasteiger partial charge on any atom is -0.367 e. The van der Waals surface area contributed by atoms with Crippen LogP contribution in [-0.2, 0) is 0 Å². The van der Waals surface area contributed by atoms with Crippen molar-refractivity contribution in [2.75, 3.05) is 42.7 Å². The molecule has 2 aromatic heterocycles. The number of fused-ring (bicyclic) bond motifs is 1. The zero-order valence-corrected chi connectivity index (χ0v) is 15.2. The standard InChI is InChI=1S/C17H19N7OS/c1-26-15-4-2-3-13(9-15)20-17(25)23-7-5-22(6-8-23)14-10-16-21-18-12-24(16)19-11-14/h2-4,9-12H,5-8H2,1H3,(H,20,25). The average Bonchev–Trinajstić information content (AvgIpc) is 3.16. The minimum atomic E-state index is -0.0612. The SMILES string of the molecule is CSc1cccc(NC(=O)N2CCN(c3cnn4cnnc4c3)CC2)c1. The van der Waals surface area contributed by atoms with Crippen LogP contribution >= 0.6 is 11.8 Å². The average molecular weight is 369 g/mol. The van der Waals surface area contributed by atoms with Crippen LogP contribution in [0.5, 0.6) is 0 Å². The van der Waals surface area contributed by atoms with Crippen molar-refractivity contribution < 1.29 is 4.79 Å². The lowest BCUT2D eigenvalue weighted by molar-refractivity contribution is 0.208. The van der Waals surface area contributed by atoms with E-state index < -0.39 is 0 Å². The first kappa shape index (κ1) is 16.6. The smallest absolute Gasteiger partial charge is 0.321 e. The normalized spacial score (nSPS) is 14.7. The van der Waals surface area contributed by atoms with Gasteiger partial charge in [0.05, 0.1) is 11.9 Å². The molecule has 1 aliphatic rings. The number of carbonyl (C=O) groups excluding carboxylic acids is 1. The van der Waals surface area contributed by atoms with Crippen LogP contribution in [0.4, 0.5) is 16.2 Å². The first-order valence-corrected chi connectivity index (χ1v) is 9.56. The Morgan fingerprint density at radius 3 is 2.85 bits per heavy atom. The molecule has 1 aromatic carbocycles. The molecule has 9 heteroatoms. The van der Waals surface area contributed by atoms with E-state index in [4.69, 9.17) is 0 Å². The van der Waals surface area contributed by atoms with E-state index in [9.17, 15) is 4.79 Å². The summed E-state index contributed by atoms with van der Waals surface area (Å²) in [5.74, 6) is 0. The summed E-state index contributed by atoms with van der Waals surface area (Å²) in [4.78, 5) is 17.7. The van der Waals surface area contributed by atoms with Gasteiger partial charge in [0, 0.05) is 42.8 Å². The van der Waals surface area contributed by atoms with Gasteiger partial charge in [-0.3, -0.25) is 0 Å². The van der Waals surface area contributed by atoms with Crippen LogP contribution in [0.15, 0.2) is 47.8 Å². The van der Waals surface area contributed by atoms with Crippen LogP contribution in [-0.4, -0.2) is 63.2 Å². The zero-order valence-electron chi connectivity index (χ0n) is 14.4. The lowest BCUT2D eigenvalue weighted by Gasteiger charge is -2.35. The summed E-state index contributed by atoms with van der Waals surface area (Å²) >= 11 is 1.66. The highest BCUT2D eigenvalue weighted by Crippen LogP contribution is 2.20. The summed E-state index contributed by atoms with van der Waals surface area (Å²) in [6.45, 7) is 2.83. The molecule has 1 aliphatic heterocycles. The molecular formula is C17H19N7OS. The fourth-order valence-corrected chi connectivity index (χ4v) is 3.42. The number of piperazine rings is 1. The number of rotatable bonds is 3. The van der Waals surface area contributed by atoms with Crippen molar-refractivity contribution in [1.82, 2.24) is 24.7 Å². The molecule has 0 saturated carbocycles. The van der Waals surface area contributed by atoms with Gasteiger partial charge in [-0.05, 0) is 24.5 Å². The fraction of sp³-hybridized carbons (Fsp3) is 0.294. The number of hydrogen-bond donors (Lipinski definition) is 1. The summed E-state index contributed by atoms with van der Waals surface area (Å²) in [5, 5.41) is 15.2. The van der Waals surface area contributed by atoms with Crippen LogP contribution < -0.4 is 10.2 Å². The molecule has 1 fully saturated rings. The summed E-state index contributed by atoms with van der Waals surface area (Å²) in [6.07, 6.45) is 5.40. The second kappa shape index (κ2) is 7.20. The number of urea groups is 1. The van der Waals surface area contributed by atoms with E-state index in [2.05, 4.69) is 25.5 Å². The Kier molecular flexibility index (Phi) is 4.61. The van der Waals surface area contributed by atoms with Gasteiger partial charge in [-0.2, -0.15) is 5.10 Å². The summed E-state index contributed by atoms with van der Waals surface area (Å²) in [7, 11) is 0. The predicted molar refractivity (Wildman–Crippen MR) is 102 cm³/mol. The van der Waals surface area contributed by atoms with Gasteiger partial charge in [-0.15, -0.1) is 22.0 Å². The van der Waals surface area contributed by atoms with Gasteiger partial charge in [0.2, 0.25) is 0 Å². The van der Waals surface area contributed by atoms with Gasteiger partial charge >= 0.3 is 6.03 Å². The van der Waals surface area contributed by atoms with E-state index in [1.807, 2.05) is 41.5 Å². The molecule has 134 valence electrons. The molecule has 1 N–H and O–H groups in total. The third-order valence-corrected chi connectivity index (χ3v) is 5.13. The van der Waals surface area contributed by atoms with Crippen molar-refractivity contribution in [3.63, 3.8) is 0 Å². The topological polar surface area (TPSA) is 78.7 Å². The van der Waals surface area contributed by atoms with Crippen LogP contribution in [0.3, 0.4) is 0 Å². The summed E-state index contributed by atoms with van der Waals surface area (Å²) < 4.78 is 1.63. The van der Waals surface area contributed by atoms with E-state index in [0.717, 1.165) is 35.0 Å². The fourth-order valence-electron chi connectivity index (χ4n) is 2.96. The van der Waals surface area contributed by atoms with E-state index in [1.165, 1.54) is 0 Å². The van der Waals surface area contributed by atoms with E-state index in [0.29, 0.717) is 13.1 Å². The maximum atomic E-state index is 12.5. The number of anilines is 2.